The van der Waals surface area contributed by atoms with Gasteiger partial charge in [-0.05, 0) is 49.6 Å². The first kappa shape index (κ1) is 20.3. The van der Waals surface area contributed by atoms with Crippen molar-refractivity contribution in [3.05, 3.63) is 53.3 Å². The molecule has 3 rings (SSSR count). The lowest BCUT2D eigenvalue weighted by Gasteiger charge is -2.11. The summed E-state index contributed by atoms with van der Waals surface area (Å²) in [6, 6.07) is 10.1. The Hall–Kier alpha value is -2.03. The van der Waals surface area contributed by atoms with Crippen molar-refractivity contribution in [2.45, 2.75) is 26.8 Å². The van der Waals surface area contributed by atoms with Crippen LogP contribution in [0.3, 0.4) is 0 Å². The monoisotopic (exact) mass is 468 g/mol. The molecule has 6 nitrogen and oxygen atoms in total. The van der Waals surface area contributed by atoms with Gasteiger partial charge in [0.2, 0.25) is 6.79 Å². The van der Waals surface area contributed by atoms with E-state index in [9.17, 15) is 0 Å². The number of hydrogen-bond donors (Lipinski definition) is 2. The maximum absolute atomic E-state index is 5.41. The Balaban J connectivity index is 0.00000243. The molecule has 1 aromatic carbocycles. The summed E-state index contributed by atoms with van der Waals surface area (Å²) in [5.41, 5.74) is 3.34. The molecule has 1 aliphatic heterocycles. The van der Waals surface area contributed by atoms with E-state index >= 15 is 0 Å². The van der Waals surface area contributed by atoms with Crippen LogP contribution < -0.4 is 20.1 Å². The molecule has 0 radical (unpaired) electrons. The molecule has 2 aromatic rings. The fraction of sp³-hybridized carbons (Fsp3) is 0.368. The predicted octanol–water partition coefficient (Wildman–Crippen LogP) is 3.03. The van der Waals surface area contributed by atoms with Crippen LogP contribution in [0.4, 0.5) is 0 Å². The Labute approximate surface area is 171 Å². The zero-order valence-corrected chi connectivity index (χ0v) is 17.4. The number of aliphatic imine (C=N–C) groups is 1. The van der Waals surface area contributed by atoms with Crippen molar-refractivity contribution in [2.75, 3.05) is 19.9 Å². The van der Waals surface area contributed by atoms with Gasteiger partial charge in [0.05, 0.1) is 6.54 Å². The van der Waals surface area contributed by atoms with E-state index in [1.807, 2.05) is 37.4 Å². The molecule has 140 valence electrons. The van der Waals surface area contributed by atoms with Gasteiger partial charge in [-0.2, -0.15) is 0 Å². The van der Waals surface area contributed by atoms with Crippen LogP contribution in [-0.4, -0.2) is 30.8 Å². The molecule has 0 saturated heterocycles. The molecule has 0 fully saturated rings. The van der Waals surface area contributed by atoms with Crippen LogP contribution in [0.25, 0.3) is 0 Å². The van der Waals surface area contributed by atoms with Gasteiger partial charge in [-0.3, -0.25) is 4.98 Å². The summed E-state index contributed by atoms with van der Waals surface area (Å²) in [7, 11) is 0. The van der Waals surface area contributed by atoms with E-state index in [4.69, 9.17) is 9.47 Å². The van der Waals surface area contributed by atoms with Crippen LogP contribution in [0.15, 0.2) is 41.5 Å². The molecule has 0 saturated carbocycles. The molecule has 1 aromatic heterocycles. The van der Waals surface area contributed by atoms with E-state index in [0.29, 0.717) is 13.3 Å². The second-order valence-corrected chi connectivity index (χ2v) is 5.87. The summed E-state index contributed by atoms with van der Waals surface area (Å²) in [6.07, 6.45) is 2.83. The number of guanidine groups is 1. The first-order valence-electron chi connectivity index (χ1n) is 8.57. The predicted molar refractivity (Wildman–Crippen MR) is 113 cm³/mol. The highest BCUT2D eigenvalue weighted by Gasteiger charge is 2.12. The van der Waals surface area contributed by atoms with Gasteiger partial charge in [-0.15, -0.1) is 24.0 Å². The van der Waals surface area contributed by atoms with Crippen molar-refractivity contribution in [2.24, 2.45) is 4.99 Å². The average Bonchev–Trinajstić information content (AvgIpc) is 3.09. The van der Waals surface area contributed by atoms with Crippen molar-refractivity contribution < 1.29 is 9.47 Å². The van der Waals surface area contributed by atoms with E-state index in [2.05, 4.69) is 33.6 Å². The standard InChI is InChI=1S/C19H24N4O2.HI/c1-3-20-19(21-9-8-15-5-4-14(2)22-11-15)23-12-16-6-7-17-18(10-16)25-13-24-17;/h4-7,10-11H,3,8-9,12-13H2,1-2H3,(H2,20,21,23);1H. The number of aromatic nitrogens is 1. The first-order chi connectivity index (χ1) is 12.2. The second-order valence-electron chi connectivity index (χ2n) is 5.87. The number of aryl methyl sites for hydroxylation is 1. The lowest BCUT2D eigenvalue weighted by Crippen LogP contribution is -2.38. The van der Waals surface area contributed by atoms with Gasteiger partial charge in [0.1, 0.15) is 0 Å². The number of ether oxygens (including phenoxy) is 2. The number of nitrogens with zero attached hydrogens (tertiary/aromatic N) is 2. The molecular weight excluding hydrogens is 443 g/mol. The molecule has 2 heterocycles. The molecule has 0 bridgehead atoms. The minimum Gasteiger partial charge on any atom is -0.454 e. The zero-order chi connectivity index (χ0) is 17.5. The topological polar surface area (TPSA) is 67.8 Å². The van der Waals surface area contributed by atoms with Gasteiger partial charge < -0.3 is 20.1 Å². The fourth-order valence-corrected chi connectivity index (χ4v) is 2.52. The van der Waals surface area contributed by atoms with Crippen LogP contribution in [-0.2, 0) is 13.0 Å². The van der Waals surface area contributed by atoms with Gasteiger partial charge in [0, 0.05) is 25.0 Å². The molecule has 1 aliphatic rings. The number of nitrogens with one attached hydrogen (secondary N) is 2. The number of halogens is 1. The normalized spacial score (nSPS) is 12.5. The van der Waals surface area contributed by atoms with Crippen LogP contribution in [0.2, 0.25) is 0 Å². The summed E-state index contributed by atoms with van der Waals surface area (Å²) >= 11 is 0. The summed E-state index contributed by atoms with van der Waals surface area (Å²) in [6.45, 7) is 6.55. The van der Waals surface area contributed by atoms with E-state index < -0.39 is 0 Å². The third-order valence-electron chi connectivity index (χ3n) is 3.88. The van der Waals surface area contributed by atoms with Crippen LogP contribution in [0.5, 0.6) is 11.5 Å². The van der Waals surface area contributed by atoms with Crippen molar-refractivity contribution in [3.63, 3.8) is 0 Å². The largest absolute Gasteiger partial charge is 0.454 e. The number of hydrogen-bond acceptors (Lipinski definition) is 4. The molecule has 2 N–H and O–H groups in total. The lowest BCUT2D eigenvalue weighted by molar-refractivity contribution is 0.174. The quantitative estimate of drug-likeness (QED) is 0.388. The van der Waals surface area contributed by atoms with Gasteiger partial charge >= 0.3 is 0 Å². The van der Waals surface area contributed by atoms with Crippen molar-refractivity contribution in [3.8, 4) is 11.5 Å². The number of benzene rings is 1. The van der Waals surface area contributed by atoms with E-state index in [-0.39, 0.29) is 24.0 Å². The van der Waals surface area contributed by atoms with Crippen molar-refractivity contribution >= 4 is 29.9 Å². The van der Waals surface area contributed by atoms with Gasteiger partial charge in [-0.25, -0.2) is 4.99 Å². The molecule has 0 amide bonds. The molecule has 0 atom stereocenters. The number of rotatable bonds is 6. The Kier molecular flexibility index (Phi) is 7.96. The Morgan fingerprint density at radius 2 is 1.92 bits per heavy atom. The maximum atomic E-state index is 5.41. The van der Waals surface area contributed by atoms with Gasteiger partial charge in [0.25, 0.3) is 0 Å². The highest BCUT2D eigenvalue weighted by atomic mass is 127. The smallest absolute Gasteiger partial charge is 0.231 e. The summed E-state index contributed by atoms with van der Waals surface area (Å²) in [4.78, 5) is 8.96. The molecule has 0 unspecified atom stereocenters. The number of fused-ring (bicyclic) bond motifs is 1. The third-order valence-corrected chi connectivity index (χ3v) is 3.88. The Morgan fingerprint density at radius 3 is 2.69 bits per heavy atom. The molecular formula is C19H25IN4O2. The van der Waals surface area contributed by atoms with Crippen LogP contribution in [0.1, 0.15) is 23.7 Å². The summed E-state index contributed by atoms with van der Waals surface area (Å²) in [5.74, 6) is 2.39. The summed E-state index contributed by atoms with van der Waals surface area (Å²) < 4.78 is 10.7. The van der Waals surface area contributed by atoms with E-state index in [0.717, 1.165) is 48.2 Å². The summed E-state index contributed by atoms with van der Waals surface area (Å²) in [5, 5.41) is 6.63. The second kappa shape index (κ2) is 10.2. The zero-order valence-electron chi connectivity index (χ0n) is 15.1. The molecule has 7 heteroatoms. The fourth-order valence-electron chi connectivity index (χ4n) is 2.52. The SMILES string of the molecule is CCNC(=NCc1ccc2c(c1)OCO2)NCCc1ccc(C)nc1.I. The third kappa shape index (κ3) is 5.76. The molecule has 0 spiro atoms. The molecule has 0 aliphatic carbocycles. The molecule has 26 heavy (non-hydrogen) atoms. The minimum atomic E-state index is 0. The van der Waals surface area contributed by atoms with E-state index in [1.165, 1.54) is 5.56 Å². The van der Waals surface area contributed by atoms with Crippen molar-refractivity contribution in [1.29, 1.82) is 0 Å². The van der Waals surface area contributed by atoms with Crippen LogP contribution in [0, 0.1) is 6.92 Å². The highest BCUT2D eigenvalue weighted by molar-refractivity contribution is 14.0. The average molecular weight is 468 g/mol. The van der Waals surface area contributed by atoms with Gasteiger partial charge in [-0.1, -0.05) is 12.1 Å². The Bertz CT molecular complexity index is 735. The lowest BCUT2D eigenvalue weighted by atomic mass is 10.2. The van der Waals surface area contributed by atoms with Crippen LogP contribution >= 0.6 is 24.0 Å². The van der Waals surface area contributed by atoms with Crippen molar-refractivity contribution in [1.82, 2.24) is 15.6 Å². The first-order valence-corrected chi connectivity index (χ1v) is 8.57. The highest BCUT2D eigenvalue weighted by Crippen LogP contribution is 2.32. The van der Waals surface area contributed by atoms with Gasteiger partial charge in [0.15, 0.2) is 17.5 Å². The Morgan fingerprint density at radius 1 is 1.12 bits per heavy atom. The number of pyridine rings is 1. The van der Waals surface area contributed by atoms with E-state index in [1.54, 1.807) is 0 Å². The minimum absolute atomic E-state index is 0. The maximum Gasteiger partial charge on any atom is 0.231 e.